The van der Waals surface area contributed by atoms with E-state index in [4.69, 9.17) is 4.74 Å². The summed E-state index contributed by atoms with van der Waals surface area (Å²) in [5, 5.41) is 0. The summed E-state index contributed by atoms with van der Waals surface area (Å²) in [7, 11) is 0. The van der Waals surface area contributed by atoms with Crippen LogP contribution in [0.3, 0.4) is 0 Å². The van der Waals surface area contributed by atoms with Crippen molar-refractivity contribution in [3.8, 4) is 0 Å². The average molecular weight is 253 g/mol. The van der Waals surface area contributed by atoms with Gasteiger partial charge in [-0.25, -0.2) is 0 Å². The van der Waals surface area contributed by atoms with Crippen molar-refractivity contribution in [3.05, 3.63) is 0 Å². The second kappa shape index (κ2) is 6.91. The first-order valence-corrected chi connectivity index (χ1v) is 8.05. The van der Waals surface area contributed by atoms with E-state index in [0.717, 1.165) is 11.8 Å². The monoisotopic (exact) mass is 253 g/mol. The molecule has 0 radical (unpaired) electrons. The number of rotatable bonds is 5. The molecule has 106 valence electrons. The van der Waals surface area contributed by atoms with E-state index in [9.17, 15) is 0 Å². The van der Waals surface area contributed by atoms with Gasteiger partial charge >= 0.3 is 0 Å². The van der Waals surface area contributed by atoms with Gasteiger partial charge in [0.25, 0.3) is 0 Å². The van der Waals surface area contributed by atoms with Crippen molar-refractivity contribution in [2.24, 2.45) is 11.8 Å². The first-order valence-electron chi connectivity index (χ1n) is 8.05. The Hall–Kier alpha value is -0.0800. The second-order valence-electron chi connectivity index (χ2n) is 6.65. The van der Waals surface area contributed by atoms with Crippen LogP contribution in [0.2, 0.25) is 0 Å². The third kappa shape index (κ3) is 4.24. The van der Waals surface area contributed by atoms with Gasteiger partial charge in [-0.15, -0.1) is 0 Å². The molecule has 2 rings (SSSR count). The topological polar surface area (TPSA) is 12.5 Å². The normalized spacial score (nSPS) is 34.3. The summed E-state index contributed by atoms with van der Waals surface area (Å²) >= 11 is 0. The predicted molar refractivity (Wildman–Crippen MR) is 76.8 cm³/mol. The lowest BCUT2D eigenvalue weighted by atomic mass is 9.81. The Bertz CT molecular complexity index is 233. The van der Waals surface area contributed by atoms with E-state index >= 15 is 0 Å². The Morgan fingerprint density at radius 3 is 2.33 bits per heavy atom. The molecule has 2 aliphatic rings. The van der Waals surface area contributed by atoms with E-state index in [-0.39, 0.29) is 0 Å². The Balaban J connectivity index is 1.66. The molecule has 2 heteroatoms. The van der Waals surface area contributed by atoms with Crippen LogP contribution in [0, 0.1) is 11.8 Å². The summed E-state index contributed by atoms with van der Waals surface area (Å²) < 4.78 is 5.92. The molecule has 1 heterocycles. The van der Waals surface area contributed by atoms with E-state index in [0.29, 0.717) is 12.2 Å². The summed E-state index contributed by atoms with van der Waals surface area (Å²) in [6, 6.07) is 0. The molecule has 1 aliphatic heterocycles. The molecule has 1 atom stereocenters. The molecule has 1 aliphatic carbocycles. The first kappa shape index (κ1) is 14.3. The molecule has 0 N–H and O–H groups in total. The molecule has 1 saturated carbocycles. The van der Waals surface area contributed by atoms with Gasteiger partial charge in [-0.2, -0.15) is 0 Å². The maximum absolute atomic E-state index is 5.92. The van der Waals surface area contributed by atoms with Gasteiger partial charge in [-0.05, 0) is 44.9 Å². The predicted octanol–water partition coefficient (Wildman–Crippen LogP) is 3.70. The molecule has 2 nitrogen and oxygen atoms in total. The number of nitrogens with zero attached hydrogens (tertiary/aromatic N) is 1. The number of hydrogen-bond donors (Lipinski definition) is 0. The third-order valence-corrected chi connectivity index (χ3v) is 4.75. The van der Waals surface area contributed by atoms with Crippen LogP contribution < -0.4 is 0 Å². The standard InChI is InChI=1S/C16H31NO/c1-4-14-5-7-15(8-6-14)11-17-10-9-16(12-17)18-13(2)3/h13-16H,4-12H2,1-3H3/t14?,15?,16-/m1/s1. The molecule has 18 heavy (non-hydrogen) atoms. The molecule has 2 fully saturated rings. The fourth-order valence-electron chi connectivity index (χ4n) is 3.65. The van der Waals surface area contributed by atoms with Gasteiger partial charge in [0.05, 0.1) is 12.2 Å². The van der Waals surface area contributed by atoms with E-state index in [1.54, 1.807) is 0 Å². The molecular formula is C16H31NO. The molecule has 0 aromatic heterocycles. The summed E-state index contributed by atoms with van der Waals surface area (Å²) in [4.78, 5) is 2.64. The lowest BCUT2D eigenvalue weighted by Gasteiger charge is -2.30. The lowest BCUT2D eigenvalue weighted by Crippen LogP contribution is -2.31. The van der Waals surface area contributed by atoms with E-state index < -0.39 is 0 Å². The highest BCUT2D eigenvalue weighted by molar-refractivity contribution is 4.81. The molecule has 0 aromatic rings. The van der Waals surface area contributed by atoms with Gasteiger partial charge < -0.3 is 9.64 Å². The van der Waals surface area contributed by atoms with Crippen molar-refractivity contribution in [3.63, 3.8) is 0 Å². The molecular weight excluding hydrogens is 222 g/mol. The van der Waals surface area contributed by atoms with E-state index in [1.807, 2.05) is 0 Å². The van der Waals surface area contributed by atoms with Crippen LogP contribution in [0.1, 0.15) is 59.3 Å². The maximum Gasteiger partial charge on any atom is 0.0717 e. The fraction of sp³-hybridized carbons (Fsp3) is 1.00. The Kier molecular flexibility index (Phi) is 5.50. The number of ether oxygens (including phenoxy) is 1. The van der Waals surface area contributed by atoms with Crippen LogP contribution in [0.25, 0.3) is 0 Å². The van der Waals surface area contributed by atoms with Gasteiger partial charge in [0.2, 0.25) is 0 Å². The molecule has 0 aromatic carbocycles. The highest BCUT2D eigenvalue weighted by atomic mass is 16.5. The van der Waals surface area contributed by atoms with Crippen LogP contribution in [-0.2, 0) is 4.74 Å². The smallest absolute Gasteiger partial charge is 0.0717 e. The van der Waals surface area contributed by atoms with Crippen molar-refractivity contribution in [2.45, 2.75) is 71.5 Å². The lowest BCUT2D eigenvalue weighted by molar-refractivity contribution is 0.0129. The van der Waals surface area contributed by atoms with Gasteiger partial charge in [0, 0.05) is 19.6 Å². The molecule has 0 spiro atoms. The molecule has 0 amide bonds. The first-order chi connectivity index (χ1) is 8.67. The Labute approximate surface area is 113 Å². The van der Waals surface area contributed by atoms with Crippen molar-refractivity contribution >= 4 is 0 Å². The van der Waals surface area contributed by atoms with Gasteiger partial charge in [-0.1, -0.05) is 26.2 Å². The summed E-state index contributed by atoms with van der Waals surface area (Å²) in [6.45, 7) is 10.4. The zero-order valence-electron chi connectivity index (χ0n) is 12.5. The minimum Gasteiger partial charge on any atom is -0.374 e. The quantitative estimate of drug-likeness (QED) is 0.740. The summed E-state index contributed by atoms with van der Waals surface area (Å²) in [6.07, 6.45) is 9.38. The van der Waals surface area contributed by atoms with Crippen LogP contribution in [0.5, 0.6) is 0 Å². The van der Waals surface area contributed by atoms with Crippen molar-refractivity contribution in [1.29, 1.82) is 0 Å². The fourth-order valence-corrected chi connectivity index (χ4v) is 3.65. The van der Waals surface area contributed by atoms with Crippen LogP contribution >= 0.6 is 0 Å². The average Bonchev–Trinajstić information content (AvgIpc) is 2.76. The van der Waals surface area contributed by atoms with Gasteiger partial charge in [0.1, 0.15) is 0 Å². The number of hydrogen-bond acceptors (Lipinski definition) is 2. The van der Waals surface area contributed by atoms with Crippen LogP contribution in [-0.4, -0.2) is 36.7 Å². The zero-order chi connectivity index (χ0) is 13.0. The summed E-state index contributed by atoms with van der Waals surface area (Å²) in [5.74, 6) is 1.99. The van der Waals surface area contributed by atoms with Crippen molar-refractivity contribution in [2.75, 3.05) is 19.6 Å². The van der Waals surface area contributed by atoms with Crippen molar-refractivity contribution < 1.29 is 4.74 Å². The highest BCUT2D eigenvalue weighted by Gasteiger charge is 2.27. The Morgan fingerprint density at radius 1 is 1.06 bits per heavy atom. The summed E-state index contributed by atoms with van der Waals surface area (Å²) in [5.41, 5.74) is 0. The SMILES string of the molecule is CCC1CCC(CN2CC[C@@H](OC(C)C)C2)CC1. The second-order valence-corrected chi connectivity index (χ2v) is 6.65. The largest absolute Gasteiger partial charge is 0.374 e. The third-order valence-electron chi connectivity index (χ3n) is 4.75. The molecule has 1 saturated heterocycles. The maximum atomic E-state index is 5.92. The Morgan fingerprint density at radius 2 is 1.72 bits per heavy atom. The number of likely N-dealkylation sites (tertiary alicyclic amines) is 1. The van der Waals surface area contributed by atoms with E-state index in [2.05, 4.69) is 25.7 Å². The highest BCUT2D eigenvalue weighted by Crippen LogP contribution is 2.31. The van der Waals surface area contributed by atoms with E-state index in [1.165, 1.54) is 58.2 Å². The molecule has 0 unspecified atom stereocenters. The van der Waals surface area contributed by atoms with Crippen LogP contribution in [0.4, 0.5) is 0 Å². The minimum absolute atomic E-state index is 0.384. The van der Waals surface area contributed by atoms with Gasteiger partial charge in [-0.3, -0.25) is 0 Å². The van der Waals surface area contributed by atoms with Crippen LogP contribution in [0.15, 0.2) is 0 Å². The van der Waals surface area contributed by atoms with Gasteiger partial charge in [0.15, 0.2) is 0 Å². The van der Waals surface area contributed by atoms with Crippen molar-refractivity contribution in [1.82, 2.24) is 4.90 Å². The minimum atomic E-state index is 0.384. The molecule has 0 bridgehead atoms. The zero-order valence-corrected chi connectivity index (χ0v) is 12.5.